The van der Waals surface area contributed by atoms with Crippen molar-refractivity contribution in [3.63, 3.8) is 0 Å². The molecule has 5 nitrogen and oxygen atoms in total. The van der Waals surface area contributed by atoms with Crippen molar-refractivity contribution in [3.8, 4) is 10.6 Å². The van der Waals surface area contributed by atoms with E-state index in [-0.39, 0.29) is 0 Å². The summed E-state index contributed by atoms with van der Waals surface area (Å²) in [5.74, 6) is 0. The Bertz CT molecular complexity index is 638. The summed E-state index contributed by atoms with van der Waals surface area (Å²) in [6, 6.07) is 6.02. The van der Waals surface area contributed by atoms with Crippen molar-refractivity contribution in [2.45, 2.75) is 29.8 Å². The number of alkyl halides is 3. The third-order valence-corrected chi connectivity index (χ3v) is 4.86. The molecular weight excluding hydrogens is 375 g/mol. The summed E-state index contributed by atoms with van der Waals surface area (Å²) < 4.78 is 34.3. The zero-order chi connectivity index (χ0) is 18.8. The van der Waals surface area contributed by atoms with Gasteiger partial charge in [-0.15, -0.1) is 10.2 Å². The first-order valence-electron chi connectivity index (χ1n) is 7.12. The van der Waals surface area contributed by atoms with Gasteiger partial charge in [-0.25, -0.2) is 13.2 Å². The quantitative estimate of drug-likeness (QED) is 0.558. The molecule has 1 heterocycles. The summed E-state index contributed by atoms with van der Waals surface area (Å²) in [6.07, 6.45) is -0.945. The number of rotatable bonds is 7. The van der Waals surface area contributed by atoms with E-state index in [9.17, 15) is 23.1 Å². The molecule has 25 heavy (non-hydrogen) atoms. The predicted octanol–water partition coefficient (Wildman–Crippen LogP) is 3.32. The maximum absolute atomic E-state index is 12.8. The number of aromatic nitrogens is 2. The van der Waals surface area contributed by atoms with Crippen LogP contribution in [0.1, 0.15) is 18.6 Å². The number of halogens is 3. The van der Waals surface area contributed by atoms with Crippen molar-refractivity contribution in [3.05, 3.63) is 29.8 Å². The van der Waals surface area contributed by atoms with E-state index in [1.807, 2.05) is 6.26 Å². The first-order chi connectivity index (χ1) is 11.9. The van der Waals surface area contributed by atoms with Crippen molar-refractivity contribution in [1.82, 2.24) is 15.5 Å². The molecule has 1 amide bonds. The Balaban J connectivity index is 0.000000705. The molecule has 0 saturated heterocycles. The molecular formula is C15H18F3N3O2S2. The average Bonchev–Trinajstić information content (AvgIpc) is 3.08. The smallest absolute Gasteiger partial charge is 0.235 e. The number of nitrogens with one attached hydrogen (secondary N) is 1. The number of amides is 1. The molecule has 0 fully saturated rings. The summed E-state index contributed by atoms with van der Waals surface area (Å²) in [6.45, 7) is -0.00482. The number of hydrogen-bond donors (Lipinski definition) is 2. The number of carbonyl (C=O) groups excluding carboxylic acids is 1. The molecule has 1 aromatic carbocycles. The molecule has 0 saturated carbocycles. The topological polar surface area (TPSA) is 75.1 Å². The van der Waals surface area contributed by atoms with Crippen molar-refractivity contribution < 1.29 is 23.1 Å². The molecule has 10 heteroatoms. The number of benzene rings is 1. The van der Waals surface area contributed by atoms with E-state index in [1.54, 1.807) is 24.3 Å². The summed E-state index contributed by atoms with van der Waals surface area (Å²) >= 11 is 3.01. The lowest BCUT2D eigenvalue weighted by molar-refractivity contribution is -0.111. The molecule has 2 atom stereocenters. The van der Waals surface area contributed by atoms with Gasteiger partial charge in [0.25, 0.3) is 0 Å². The van der Waals surface area contributed by atoms with Crippen LogP contribution in [0, 0.1) is 0 Å². The number of aliphatic hydroxyl groups is 1. The highest BCUT2D eigenvalue weighted by molar-refractivity contribution is 8.00. The lowest BCUT2D eigenvalue weighted by Crippen LogP contribution is -2.35. The van der Waals surface area contributed by atoms with Crippen LogP contribution in [0.15, 0.2) is 28.6 Å². The highest BCUT2D eigenvalue weighted by atomic mass is 32.2. The van der Waals surface area contributed by atoms with Crippen LogP contribution in [0.5, 0.6) is 0 Å². The van der Waals surface area contributed by atoms with Crippen LogP contribution >= 0.6 is 23.1 Å². The fourth-order valence-corrected chi connectivity index (χ4v) is 3.05. The summed E-state index contributed by atoms with van der Waals surface area (Å²) in [4.78, 5) is 10.4. The maximum Gasteiger partial charge on any atom is 0.235 e. The second-order valence-corrected chi connectivity index (χ2v) is 6.74. The third kappa shape index (κ3) is 7.00. The Morgan fingerprint density at radius 2 is 1.92 bits per heavy atom. The van der Waals surface area contributed by atoms with E-state index >= 15 is 0 Å². The molecule has 1 aromatic heterocycles. The van der Waals surface area contributed by atoms with E-state index in [0.717, 1.165) is 21.8 Å². The lowest BCUT2D eigenvalue weighted by atomic mass is 10.0. The molecule has 0 bridgehead atoms. The van der Waals surface area contributed by atoms with Gasteiger partial charge in [0.1, 0.15) is 17.8 Å². The van der Waals surface area contributed by atoms with Gasteiger partial charge >= 0.3 is 0 Å². The molecule has 2 N–H and O–H groups in total. The van der Waals surface area contributed by atoms with E-state index in [2.05, 4.69) is 15.5 Å². The number of nitrogens with zero attached hydrogens (tertiary/aromatic N) is 2. The zero-order valence-electron chi connectivity index (χ0n) is 13.5. The van der Waals surface area contributed by atoms with Gasteiger partial charge < -0.3 is 10.4 Å². The van der Waals surface area contributed by atoms with E-state index in [4.69, 9.17) is 0 Å². The fourth-order valence-electron chi connectivity index (χ4n) is 1.77. The maximum atomic E-state index is 12.8. The van der Waals surface area contributed by atoms with Crippen molar-refractivity contribution in [1.29, 1.82) is 0 Å². The van der Waals surface area contributed by atoms with E-state index < -0.39 is 25.2 Å². The van der Waals surface area contributed by atoms with Gasteiger partial charge in [-0.2, -0.15) is 0 Å². The molecule has 0 aliphatic carbocycles. The van der Waals surface area contributed by atoms with Crippen molar-refractivity contribution in [2.75, 3.05) is 12.9 Å². The van der Waals surface area contributed by atoms with Crippen molar-refractivity contribution >= 4 is 29.5 Å². The minimum absolute atomic E-state index is 0.382. The minimum atomic E-state index is -2.17. The molecule has 0 aliphatic heterocycles. The summed E-state index contributed by atoms with van der Waals surface area (Å²) in [5, 5.41) is 21.2. The normalized spacial score (nSPS) is 12.9. The first kappa shape index (κ1) is 21.4. The lowest BCUT2D eigenvalue weighted by Gasteiger charge is -2.19. The second kappa shape index (κ2) is 11.1. The Morgan fingerprint density at radius 1 is 1.32 bits per heavy atom. The van der Waals surface area contributed by atoms with Gasteiger partial charge in [0.05, 0.1) is 6.04 Å². The van der Waals surface area contributed by atoms with Gasteiger partial charge in [0.2, 0.25) is 12.8 Å². The van der Waals surface area contributed by atoms with Crippen molar-refractivity contribution in [2.24, 2.45) is 0 Å². The highest BCUT2D eigenvalue weighted by Gasteiger charge is 2.20. The molecule has 0 radical (unpaired) electrons. The molecule has 0 spiro atoms. The zero-order valence-corrected chi connectivity index (χ0v) is 15.2. The van der Waals surface area contributed by atoms with Crippen LogP contribution in [0.25, 0.3) is 10.6 Å². The van der Waals surface area contributed by atoms with E-state index in [0.29, 0.717) is 12.0 Å². The van der Waals surface area contributed by atoms with Crippen LogP contribution in [-0.2, 0) is 4.79 Å². The molecule has 2 aromatic rings. The molecule has 0 aliphatic rings. The Morgan fingerprint density at radius 3 is 2.36 bits per heavy atom. The molecule has 2 rings (SSSR count). The fraction of sp³-hybridized carbons (Fsp3) is 0.400. The van der Waals surface area contributed by atoms with Crippen LogP contribution < -0.4 is 5.32 Å². The monoisotopic (exact) mass is 393 g/mol. The number of carbonyl (C=O) groups is 1. The van der Waals surface area contributed by atoms with Crippen LogP contribution in [0.2, 0.25) is 0 Å². The minimum Gasteiger partial charge on any atom is -0.386 e. The average molecular weight is 393 g/mol. The SMILES string of the molecule is CC(F)F.CSc1nnc(-c2ccc(C(O)C(CF)NC=O)cc2)s1. The second-order valence-electron chi connectivity index (χ2n) is 4.71. The van der Waals surface area contributed by atoms with Crippen LogP contribution in [0.3, 0.4) is 0 Å². The largest absolute Gasteiger partial charge is 0.386 e. The molecule has 138 valence electrons. The van der Waals surface area contributed by atoms with Gasteiger partial charge in [0.15, 0.2) is 4.34 Å². The highest BCUT2D eigenvalue weighted by Crippen LogP contribution is 2.29. The van der Waals surface area contributed by atoms with Crippen LogP contribution in [-0.4, -0.2) is 47.1 Å². The Labute approximate surface area is 151 Å². The Hall–Kier alpha value is -1.65. The number of thioether (sulfide) groups is 1. The summed E-state index contributed by atoms with van der Waals surface area (Å²) in [5.41, 5.74) is 1.41. The first-order valence-corrected chi connectivity index (χ1v) is 9.16. The van der Waals surface area contributed by atoms with Gasteiger partial charge in [0, 0.05) is 5.56 Å². The Kier molecular flexibility index (Phi) is 9.46. The van der Waals surface area contributed by atoms with E-state index in [1.165, 1.54) is 23.1 Å². The third-order valence-electron chi connectivity index (χ3n) is 2.91. The van der Waals surface area contributed by atoms with Gasteiger partial charge in [-0.1, -0.05) is 47.4 Å². The van der Waals surface area contributed by atoms with Gasteiger partial charge in [-0.05, 0) is 18.7 Å². The predicted molar refractivity (Wildman–Crippen MR) is 92.7 cm³/mol. The summed E-state index contributed by atoms with van der Waals surface area (Å²) in [7, 11) is 0. The number of aliphatic hydroxyl groups excluding tert-OH is 1. The number of hydrogen-bond acceptors (Lipinski definition) is 6. The molecule has 2 unspecified atom stereocenters. The van der Waals surface area contributed by atoms with Gasteiger partial charge in [-0.3, -0.25) is 4.79 Å². The van der Waals surface area contributed by atoms with Crippen LogP contribution in [0.4, 0.5) is 13.2 Å². The standard InChI is InChI=1S/C13H14FN3O2S2.C2H4F2/c1-20-13-17-16-12(21-13)9-4-2-8(3-5-9)11(19)10(6-14)15-7-18;1-2(3)4/h2-5,7,10-11,19H,6H2,1H3,(H,15,18);2H,1H3.